The van der Waals surface area contributed by atoms with E-state index in [4.69, 9.17) is 21.1 Å². The van der Waals surface area contributed by atoms with Gasteiger partial charge >= 0.3 is 0 Å². The van der Waals surface area contributed by atoms with Crippen molar-refractivity contribution < 1.29 is 18.7 Å². The Balaban J connectivity index is 1.85. The number of nitrogens with one attached hydrogen (secondary N) is 1. The lowest BCUT2D eigenvalue weighted by Crippen LogP contribution is -2.14. The van der Waals surface area contributed by atoms with Crippen molar-refractivity contribution in [3.63, 3.8) is 0 Å². The van der Waals surface area contributed by atoms with Crippen molar-refractivity contribution in [1.82, 2.24) is 0 Å². The lowest BCUT2D eigenvalue weighted by Gasteiger charge is -2.15. The van der Waals surface area contributed by atoms with Crippen LogP contribution in [-0.2, 0) is 11.4 Å². The van der Waals surface area contributed by atoms with Crippen LogP contribution in [0.15, 0.2) is 60.2 Å². The fraction of sp³-hybridized carbons (Fsp3) is 0.185. The molecule has 0 aliphatic carbocycles. The number of hydrogen-bond acceptors (Lipinski definition) is 4. The van der Waals surface area contributed by atoms with Gasteiger partial charge in [-0.1, -0.05) is 35.9 Å². The van der Waals surface area contributed by atoms with E-state index >= 15 is 0 Å². The highest BCUT2D eigenvalue weighted by Gasteiger charge is 2.15. The van der Waals surface area contributed by atoms with E-state index in [-0.39, 0.29) is 23.0 Å². The lowest BCUT2D eigenvalue weighted by atomic mass is 10.1. The molecule has 0 spiro atoms. The smallest absolute Gasteiger partial charge is 0.266 e. The third-order valence-electron chi connectivity index (χ3n) is 4.95. The average Bonchev–Trinajstić information content (AvgIpc) is 2.80. The van der Waals surface area contributed by atoms with Crippen molar-refractivity contribution >= 4 is 29.3 Å². The number of ether oxygens (including phenoxy) is 2. The van der Waals surface area contributed by atoms with Crippen LogP contribution in [0.25, 0.3) is 6.08 Å². The number of nitriles is 1. The van der Waals surface area contributed by atoms with Gasteiger partial charge in [0.2, 0.25) is 0 Å². The van der Waals surface area contributed by atoms with E-state index in [1.54, 1.807) is 24.3 Å². The highest BCUT2D eigenvalue weighted by molar-refractivity contribution is 6.32. The molecule has 0 aliphatic rings. The first-order valence-corrected chi connectivity index (χ1v) is 11.0. The van der Waals surface area contributed by atoms with E-state index in [0.717, 1.165) is 16.7 Å². The van der Waals surface area contributed by atoms with Crippen molar-refractivity contribution in [3.05, 3.63) is 93.3 Å². The summed E-state index contributed by atoms with van der Waals surface area (Å²) >= 11 is 6.46. The molecule has 0 radical (unpaired) electrons. The van der Waals surface area contributed by atoms with Gasteiger partial charge in [-0.05, 0) is 79.4 Å². The molecule has 1 amide bonds. The second-order valence-electron chi connectivity index (χ2n) is 7.62. The fourth-order valence-electron chi connectivity index (χ4n) is 3.19. The highest BCUT2D eigenvalue weighted by atomic mass is 35.5. The maximum Gasteiger partial charge on any atom is 0.266 e. The summed E-state index contributed by atoms with van der Waals surface area (Å²) in [4.78, 5) is 12.7. The standard InChI is InChI=1S/C27H24ClFN2O3/c1-4-33-25-14-20(13-23(28)26(25)34-16-19-7-9-22(29)10-8-19)12-21(15-30)27(32)31-24-11-17(2)5-6-18(24)3/h5-14H,4,16H2,1-3H3,(H,31,32)/b21-12+. The molecule has 0 aromatic heterocycles. The normalized spacial score (nSPS) is 11.0. The monoisotopic (exact) mass is 478 g/mol. The minimum absolute atomic E-state index is 0.0839. The Kier molecular flexibility index (Phi) is 8.29. The summed E-state index contributed by atoms with van der Waals surface area (Å²) in [5.74, 6) is -0.163. The van der Waals surface area contributed by atoms with Gasteiger partial charge in [0.1, 0.15) is 24.1 Å². The van der Waals surface area contributed by atoms with Crippen molar-refractivity contribution in [2.45, 2.75) is 27.4 Å². The average molecular weight is 479 g/mol. The molecule has 0 saturated heterocycles. The van der Waals surface area contributed by atoms with Gasteiger partial charge in [0.05, 0.1) is 11.6 Å². The number of hydrogen-bond donors (Lipinski definition) is 1. The molecule has 174 valence electrons. The SMILES string of the molecule is CCOc1cc(/C=C(\C#N)C(=O)Nc2cc(C)ccc2C)cc(Cl)c1OCc1ccc(F)cc1. The molecule has 5 nitrogen and oxygen atoms in total. The lowest BCUT2D eigenvalue weighted by molar-refractivity contribution is -0.112. The molecule has 0 aliphatic heterocycles. The Bertz CT molecular complexity index is 1260. The highest BCUT2D eigenvalue weighted by Crippen LogP contribution is 2.38. The van der Waals surface area contributed by atoms with Crippen LogP contribution in [0.1, 0.15) is 29.2 Å². The molecule has 34 heavy (non-hydrogen) atoms. The number of carbonyl (C=O) groups is 1. The Morgan fingerprint density at radius 2 is 1.85 bits per heavy atom. The number of aryl methyl sites for hydroxylation is 2. The number of benzene rings is 3. The second-order valence-corrected chi connectivity index (χ2v) is 8.03. The number of amides is 1. The predicted octanol–water partition coefficient (Wildman–Crippen LogP) is 6.62. The van der Waals surface area contributed by atoms with Crippen molar-refractivity contribution in [1.29, 1.82) is 5.26 Å². The molecule has 0 unspecified atom stereocenters. The molecule has 0 saturated carbocycles. The summed E-state index contributed by atoms with van der Waals surface area (Å²) in [7, 11) is 0. The number of rotatable bonds is 8. The molecule has 0 atom stereocenters. The topological polar surface area (TPSA) is 71.3 Å². The van der Waals surface area contributed by atoms with Crippen molar-refractivity contribution in [2.24, 2.45) is 0 Å². The van der Waals surface area contributed by atoms with E-state index in [9.17, 15) is 14.4 Å². The van der Waals surface area contributed by atoms with E-state index in [2.05, 4.69) is 5.32 Å². The molecule has 0 fully saturated rings. The Morgan fingerprint density at radius 3 is 2.53 bits per heavy atom. The summed E-state index contributed by atoms with van der Waals surface area (Å²) in [6.07, 6.45) is 1.44. The van der Waals surface area contributed by atoms with E-state index < -0.39 is 5.91 Å². The van der Waals surface area contributed by atoms with Gasteiger partial charge in [-0.25, -0.2) is 4.39 Å². The van der Waals surface area contributed by atoms with Gasteiger partial charge in [0, 0.05) is 5.69 Å². The van der Waals surface area contributed by atoms with Gasteiger partial charge in [-0.3, -0.25) is 4.79 Å². The molecule has 3 aromatic rings. The molecule has 1 N–H and O–H groups in total. The summed E-state index contributed by atoms with van der Waals surface area (Å²) in [6, 6.07) is 16.8. The van der Waals surface area contributed by atoms with Crippen molar-refractivity contribution in [2.75, 3.05) is 11.9 Å². The molecular formula is C27H24ClFN2O3. The number of carbonyl (C=O) groups excluding carboxylic acids is 1. The first-order chi connectivity index (χ1) is 16.3. The zero-order chi connectivity index (χ0) is 24.7. The fourth-order valence-corrected chi connectivity index (χ4v) is 3.46. The van der Waals surface area contributed by atoms with E-state index in [1.165, 1.54) is 18.2 Å². The van der Waals surface area contributed by atoms with Crippen LogP contribution < -0.4 is 14.8 Å². The molecule has 0 bridgehead atoms. The van der Waals surface area contributed by atoms with Crippen LogP contribution in [0.3, 0.4) is 0 Å². The summed E-state index contributed by atoms with van der Waals surface area (Å²) in [5, 5.41) is 12.6. The molecule has 7 heteroatoms. The first-order valence-electron chi connectivity index (χ1n) is 10.6. The van der Waals surface area contributed by atoms with Crippen LogP contribution in [-0.4, -0.2) is 12.5 Å². The van der Waals surface area contributed by atoms with Crippen LogP contribution in [0.5, 0.6) is 11.5 Å². The predicted molar refractivity (Wildman–Crippen MR) is 131 cm³/mol. The maximum absolute atomic E-state index is 13.1. The van der Waals surface area contributed by atoms with Gasteiger partial charge in [-0.15, -0.1) is 0 Å². The van der Waals surface area contributed by atoms with Crippen LogP contribution in [0, 0.1) is 31.0 Å². The molecular weight excluding hydrogens is 455 g/mol. The number of anilines is 1. The largest absolute Gasteiger partial charge is 0.490 e. The Hall–Kier alpha value is -3.82. The minimum Gasteiger partial charge on any atom is -0.490 e. The first kappa shape index (κ1) is 24.8. The van der Waals surface area contributed by atoms with Crippen LogP contribution in [0.4, 0.5) is 10.1 Å². The van der Waals surface area contributed by atoms with Crippen LogP contribution >= 0.6 is 11.6 Å². The maximum atomic E-state index is 13.1. The second kappa shape index (κ2) is 11.4. The van der Waals surface area contributed by atoms with Gasteiger partial charge < -0.3 is 14.8 Å². The number of nitrogens with zero attached hydrogens (tertiary/aromatic N) is 1. The molecule has 3 rings (SSSR count). The Labute approximate surface area is 203 Å². The summed E-state index contributed by atoms with van der Waals surface area (Å²) in [5.41, 5.74) is 3.71. The summed E-state index contributed by atoms with van der Waals surface area (Å²) < 4.78 is 24.7. The van der Waals surface area contributed by atoms with Gasteiger partial charge in [0.15, 0.2) is 11.5 Å². The van der Waals surface area contributed by atoms with Crippen molar-refractivity contribution in [3.8, 4) is 17.6 Å². The molecule has 0 heterocycles. The molecule has 3 aromatic carbocycles. The zero-order valence-corrected chi connectivity index (χ0v) is 19.9. The Morgan fingerprint density at radius 1 is 1.12 bits per heavy atom. The minimum atomic E-state index is -0.526. The van der Waals surface area contributed by atoms with E-state index in [0.29, 0.717) is 29.4 Å². The summed E-state index contributed by atoms with van der Waals surface area (Å²) in [6.45, 7) is 6.14. The van der Waals surface area contributed by atoms with Crippen LogP contribution in [0.2, 0.25) is 5.02 Å². The zero-order valence-electron chi connectivity index (χ0n) is 19.1. The third-order valence-corrected chi connectivity index (χ3v) is 5.23. The number of halogens is 2. The quantitative estimate of drug-likeness (QED) is 0.292. The van der Waals surface area contributed by atoms with Gasteiger partial charge in [0.25, 0.3) is 5.91 Å². The van der Waals surface area contributed by atoms with E-state index in [1.807, 2.05) is 45.0 Å². The third kappa shape index (κ3) is 6.37. The van der Waals surface area contributed by atoms with Gasteiger partial charge in [-0.2, -0.15) is 5.26 Å².